The fraction of sp³-hybridized carbons (Fsp3) is 0.722. The van der Waals surface area contributed by atoms with E-state index < -0.39 is 0 Å². The molecule has 2 heteroatoms. The summed E-state index contributed by atoms with van der Waals surface area (Å²) in [7, 11) is 0. The second kappa shape index (κ2) is 7.83. The molecule has 0 aromatic carbocycles. The van der Waals surface area contributed by atoms with Gasteiger partial charge in [-0.05, 0) is 58.6 Å². The second-order valence-electron chi connectivity index (χ2n) is 6.65. The van der Waals surface area contributed by atoms with Gasteiger partial charge >= 0.3 is 0 Å². The van der Waals surface area contributed by atoms with Crippen molar-refractivity contribution in [2.75, 3.05) is 6.61 Å². The van der Waals surface area contributed by atoms with E-state index in [1.165, 1.54) is 11.1 Å². The molecule has 0 saturated carbocycles. The van der Waals surface area contributed by atoms with E-state index in [0.29, 0.717) is 0 Å². The van der Waals surface area contributed by atoms with Gasteiger partial charge in [0.1, 0.15) is 0 Å². The van der Waals surface area contributed by atoms with Crippen LogP contribution in [-0.4, -0.2) is 19.0 Å². The standard InChI is InChI=1S/C18H30O2/c1-14(2)8-7-9-15(3)10-12-18(5,6)17-19-13-11-16(4)20-17/h8,12,16-17H,7,9,11,13H2,1-6H3/t10?,16-,17-/m1/s1. The lowest BCUT2D eigenvalue weighted by atomic mass is 9.91. The molecule has 0 aliphatic carbocycles. The Morgan fingerprint density at radius 2 is 2.00 bits per heavy atom. The molecular formula is C18H30O2. The van der Waals surface area contributed by atoms with Gasteiger partial charge in [-0.2, -0.15) is 0 Å². The molecule has 0 amide bonds. The lowest BCUT2D eigenvalue weighted by molar-refractivity contribution is -0.242. The van der Waals surface area contributed by atoms with Crippen LogP contribution in [0.4, 0.5) is 0 Å². The summed E-state index contributed by atoms with van der Waals surface area (Å²) in [6, 6.07) is 0. The van der Waals surface area contributed by atoms with Crippen LogP contribution in [0.2, 0.25) is 0 Å². The normalized spacial score (nSPS) is 22.9. The maximum Gasteiger partial charge on any atom is 0.166 e. The predicted octanol–water partition coefficient (Wildman–Crippen LogP) is 5.01. The second-order valence-corrected chi connectivity index (χ2v) is 6.65. The van der Waals surface area contributed by atoms with Gasteiger partial charge in [0.15, 0.2) is 6.29 Å². The van der Waals surface area contributed by atoms with Crippen LogP contribution in [0.1, 0.15) is 60.8 Å². The van der Waals surface area contributed by atoms with Gasteiger partial charge in [-0.3, -0.25) is 0 Å². The third-order valence-corrected chi connectivity index (χ3v) is 3.52. The maximum atomic E-state index is 5.88. The molecular weight excluding hydrogens is 248 g/mol. The first kappa shape index (κ1) is 17.2. The summed E-state index contributed by atoms with van der Waals surface area (Å²) in [4.78, 5) is 0. The highest BCUT2D eigenvalue weighted by molar-refractivity contribution is 5.06. The molecule has 114 valence electrons. The lowest BCUT2D eigenvalue weighted by Crippen LogP contribution is -2.40. The molecule has 1 aliphatic rings. The van der Waals surface area contributed by atoms with Crippen LogP contribution < -0.4 is 0 Å². The quantitative estimate of drug-likeness (QED) is 0.520. The maximum absolute atomic E-state index is 5.88. The average molecular weight is 278 g/mol. The molecule has 1 saturated heterocycles. The molecule has 0 N–H and O–H groups in total. The number of ether oxygens (including phenoxy) is 2. The van der Waals surface area contributed by atoms with Crippen molar-refractivity contribution in [3.05, 3.63) is 29.0 Å². The zero-order valence-corrected chi connectivity index (χ0v) is 14.0. The van der Waals surface area contributed by atoms with Gasteiger partial charge in [-0.15, -0.1) is 5.73 Å². The number of hydrogen-bond acceptors (Lipinski definition) is 2. The van der Waals surface area contributed by atoms with Gasteiger partial charge < -0.3 is 9.47 Å². The van der Waals surface area contributed by atoms with Crippen LogP contribution in [0.25, 0.3) is 0 Å². The minimum absolute atomic E-state index is 0.146. The Morgan fingerprint density at radius 1 is 1.30 bits per heavy atom. The van der Waals surface area contributed by atoms with Crippen molar-refractivity contribution in [2.45, 2.75) is 73.2 Å². The number of allylic oxidation sites excluding steroid dienone is 2. The Kier molecular flexibility index (Phi) is 6.75. The van der Waals surface area contributed by atoms with Gasteiger partial charge in [0, 0.05) is 5.41 Å². The van der Waals surface area contributed by atoms with Crippen molar-refractivity contribution in [3.63, 3.8) is 0 Å². The molecule has 0 bridgehead atoms. The number of rotatable bonds is 5. The summed E-state index contributed by atoms with van der Waals surface area (Å²) < 4.78 is 11.6. The predicted molar refractivity (Wildman–Crippen MR) is 84.6 cm³/mol. The third-order valence-electron chi connectivity index (χ3n) is 3.52. The average Bonchev–Trinajstić information content (AvgIpc) is 2.36. The molecule has 2 atom stereocenters. The van der Waals surface area contributed by atoms with Crippen molar-refractivity contribution in [1.29, 1.82) is 0 Å². The zero-order valence-electron chi connectivity index (χ0n) is 14.0. The Labute approximate surface area is 124 Å². The minimum atomic E-state index is -0.163. The number of hydrogen-bond donors (Lipinski definition) is 0. The summed E-state index contributed by atoms with van der Waals surface area (Å²) in [5, 5.41) is 0. The van der Waals surface area contributed by atoms with Gasteiger partial charge in [0.25, 0.3) is 0 Å². The summed E-state index contributed by atoms with van der Waals surface area (Å²) >= 11 is 0. The largest absolute Gasteiger partial charge is 0.352 e. The molecule has 0 aromatic heterocycles. The summed E-state index contributed by atoms with van der Waals surface area (Å²) in [5.74, 6) is 0. The summed E-state index contributed by atoms with van der Waals surface area (Å²) in [5.41, 5.74) is 5.92. The summed E-state index contributed by atoms with van der Waals surface area (Å²) in [6.45, 7) is 13.6. The molecule has 1 fully saturated rings. The van der Waals surface area contributed by atoms with Crippen molar-refractivity contribution in [1.82, 2.24) is 0 Å². The van der Waals surface area contributed by atoms with Crippen LogP contribution in [0.5, 0.6) is 0 Å². The van der Waals surface area contributed by atoms with E-state index in [1.54, 1.807) is 0 Å². The fourth-order valence-electron chi connectivity index (χ4n) is 2.08. The van der Waals surface area contributed by atoms with E-state index in [0.717, 1.165) is 25.9 Å². The van der Waals surface area contributed by atoms with E-state index in [-0.39, 0.29) is 17.8 Å². The molecule has 1 heterocycles. The van der Waals surface area contributed by atoms with E-state index >= 15 is 0 Å². The van der Waals surface area contributed by atoms with Crippen molar-refractivity contribution in [3.8, 4) is 0 Å². The minimum Gasteiger partial charge on any atom is -0.352 e. The highest BCUT2D eigenvalue weighted by atomic mass is 16.7. The third kappa shape index (κ3) is 6.09. The fourth-order valence-corrected chi connectivity index (χ4v) is 2.08. The zero-order chi connectivity index (χ0) is 15.2. The van der Waals surface area contributed by atoms with Gasteiger partial charge in [-0.25, -0.2) is 0 Å². The Morgan fingerprint density at radius 3 is 2.60 bits per heavy atom. The van der Waals surface area contributed by atoms with Gasteiger partial charge in [0.2, 0.25) is 0 Å². The molecule has 20 heavy (non-hydrogen) atoms. The first-order chi connectivity index (χ1) is 9.31. The molecule has 0 aromatic rings. The van der Waals surface area contributed by atoms with Gasteiger partial charge in [-0.1, -0.05) is 25.5 Å². The summed E-state index contributed by atoms with van der Waals surface area (Å²) in [6.07, 6.45) is 7.62. The molecule has 2 nitrogen and oxygen atoms in total. The van der Waals surface area contributed by atoms with Crippen LogP contribution in [0, 0.1) is 5.41 Å². The molecule has 0 spiro atoms. The van der Waals surface area contributed by atoms with E-state index in [4.69, 9.17) is 9.47 Å². The van der Waals surface area contributed by atoms with Crippen LogP contribution >= 0.6 is 0 Å². The molecule has 1 rings (SSSR count). The molecule has 0 radical (unpaired) electrons. The van der Waals surface area contributed by atoms with Crippen molar-refractivity contribution in [2.24, 2.45) is 5.41 Å². The van der Waals surface area contributed by atoms with Crippen molar-refractivity contribution < 1.29 is 9.47 Å². The SMILES string of the molecule is CC(=C=CC(C)(C)[C@@H]1OCC[C@@H](C)O1)CCC=C(C)C. The Bertz CT molecular complexity index is 394. The Hall–Kier alpha value is -0.820. The van der Waals surface area contributed by atoms with E-state index in [2.05, 4.69) is 59.4 Å². The topological polar surface area (TPSA) is 18.5 Å². The lowest BCUT2D eigenvalue weighted by Gasteiger charge is -2.36. The van der Waals surface area contributed by atoms with E-state index in [9.17, 15) is 0 Å². The molecule has 1 aliphatic heterocycles. The smallest absolute Gasteiger partial charge is 0.166 e. The van der Waals surface area contributed by atoms with E-state index in [1.807, 2.05) is 0 Å². The highest BCUT2D eigenvalue weighted by Crippen LogP contribution is 2.30. The highest BCUT2D eigenvalue weighted by Gasteiger charge is 2.33. The van der Waals surface area contributed by atoms with Gasteiger partial charge in [0.05, 0.1) is 12.7 Å². The van der Waals surface area contributed by atoms with Crippen LogP contribution in [0.3, 0.4) is 0 Å². The monoisotopic (exact) mass is 278 g/mol. The first-order valence-electron chi connectivity index (χ1n) is 7.65. The van der Waals surface area contributed by atoms with Crippen molar-refractivity contribution >= 4 is 0 Å². The van der Waals surface area contributed by atoms with Crippen LogP contribution in [0.15, 0.2) is 29.0 Å². The van der Waals surface area contributed by atoms with Crippen LogP contribution in [-0.2, 0) is 9.47 Å². The molecule has 0 unspecified atom stereocenters. The first-order valence-corrected chi connectivity index (χ1v) is 7.65. The Balaban J connectivity index is 2.62.